The van der Waals surface area contributed by atoms with Gasteiger partial charge in [0.15, 0.2) is 8.03 Å². The number of hydrogen-bond acceptors (Lipinski definition) is 2. The highest BCUT2D eigenvalue weighted by atomic mass is 31.1. The van der Waals surface area contributed by atoms with Crippen molar-refractivity contribution < 1.29 is 14.6 Å². The van der Waals surface area contributed by atoms with E-state index in [1.165, 1.54) is 0 Å². The highest BCUT2D eigenvalue weighted by molar-refractivity contribution is 7.37. The summed E-state index contributed by atoms with van der Waals surface area (Å²) in [6.45, 7) is 0.282. The summed E-state index contributed by atoms with van der Waals surface area (Å²) in [4.78, 5) is 8.51. The minimum absolute atomic E-state index is 0.282. The maximum absolute atomic E-state index is 10.3. The van der Waals surface area contributed by atoms with E-state index in [4.69, 9.17) is 10.00 Å². The van der Waals surface area contributed by atoms with Gasteiger partial charge in [0.2, 0.25) is 0 Å². The molecule has 0 aromatic rings. The van der Waals surface area contributed by atoms with Gasteiger partial charge in [-0.25, -0.2) is 0 Å². The van der Waals surface area contributed by atoms with Gasteiger partial charge in [0, 0.05) is 12.8 Å². The van der Waals surface area contributed by atoms with Gasteiger partial charge in [0.25, 0.3) is 0 Å². The lowest BCUT2D eigenvalue weighted by Crippen LogP contribution is -1.84. The first kappa shape index (κ1) is 12.2. The fourth-order valence-corrected chi connectivity index (χ4v) is 1.65. The third kappa shape index (κ3) is 10.2. The van der Waals surface area contributed by atoms with Crippen molar-refractivity contribution in [3.05, 3.63) is 0 Å². The van der Waals surface area contributed by atoms with Gasteiger partial charge in [-0.2, -0.15) is 0 Å². The molecule has 0 spiro atoms. The van der Waals surface area contributed by atoms with Gasteiger partial charge in [-0.15, -0.1) is 0 Å². The lowest BCUT2D eigenvalue weighted by molar-refractivity contribution is 0.282. The molecule has 0 aromatic heterocycles. The smallest absolute Gasteiger partial charge is 0.189 e. The summed E-state index contributed by atoms with van der Waals surface area (Å²) in [5.74, 6) is 0. The highest BCUT2D eigenvalue weighted by Crippen LogP contribution is 2.16. The molecule has 0 saturated carbocycles. The van der Waals surface area contributed by atoms with E-state index < -0.39 is 8.03 Å². The van der Waals surface area contributed by atoms with E-state index in [2.05, 4.69) is 0 Å². The number of unbranched alkanes of at least 4 members (excludes halogenated alkanes) is 5. The molecule has 0 bridgehead atoms. The minimum Gasteiger partial charge on any atom is -0.396 e. The number of rotatable bonds is 8. The summed E-state index contributed by atoms with van der Waals surface area (Å²) in [5.41, 5.74) is 0. The fraction of sp³-hybridized carbons (Fsp3) is 1.00. The molecule has 0 saturated heterocycles. The van der Waals surface area contributed by atoms with Crippen LogP contribution in [0.1, 0.15) is 38.5 Å². The zero-order valence-electron chi connectivity index (χ0n) is 7.46. The van der Waals surface area contributed by atoms with E-state index in [-0.39, 0.29) is 6.61 Å². The third-order valence-corrected chi connectivity index (χ3v) is 2.58. The Morgan fingerprint density at radius 3 is 1.92 bits per heavy atom. The molecule has 4 heteroatoms. The Labute approximate surface area is 74.7 Å². The Morgan fingerprint density at radius 1 is 0.917 bits per heavy atom. The normalized spacial score (nSPS) is 13.2. The third-order valence-electron chi connectivity index (χ3n) is 1.80. The maximum atomic E-state index is 10.3. The summed E-state index contributed by atoms with van der Waals surface area (Å²) >= 11 is 0. The van der Waals surface area contributed by atoms with Crippen LogP contribution in [0.2, 0.25) is 0 Å². The second-order valence-corrected chi connectivity index (χ2v) is 4.28. The molecule has 3 nitrogen and oxygen atoms in total. The molecule has 1 atom stereocenters. The van der Waals surface area contributed by atoms with Gasteiger partial charge < -0.3 is 10.00 Å². The molecule has 0 aliphatic heterocycles. The summed E-state index contributed by atoms with van der Waals surface area (Å²) in [5, 5.41) is 8.47. The standard InChI is InChI=1S/C8H19O3P/c9-7-5-3-1-2-4-6-8-12(10)11/h9,12H,1-8H2,(H,10,11). The summed E-state index contributed by atoms with van der Waals surface area (Å²) in [6.07, 6.45) is 6.60. The molecule has 0 amide bonds. The molecular weight excluding hydrogens is 175 g/mol. The minimum atomic E-state index is -2.22. The van der Waals surface area contributed by atoms with Gasteiger partial charge in [-0.05, 0) is 12.8 Å². The van der Waals surface area contributed by atoms with Crippen LogP contribution in [0.4, 0.5) is 0 Å². The number of aliphatic hydroxyl groups excluding tert-OH is 1. The Morgan fingerprint density at radius 2 is 1.42 bits per heavy atom. The van der Waals surface area contributed by atoms with Gasteiger partial charge in [0.1, 0.15) is 0 Å². The molecule has 0 aliphatic rings. The fourth-order valence-electron chi connectivity index (χ4n) is 1.10. The van der Waals surface area contributed by atoms with E-state index in [1.807, 2.05) is 0 Å². The summed E-state index contributed by atoms with van der Waals surface area (Å²) < 4.78 is 10.3. The van der Waals surface area contributed by atoms with Crippen molar-refractivity contribution in [2.45, 2.75) is 38.5 Å². The lowest BCUT2D eigenvalue weighted by atomic mass is 10.1. The Kier molecular flexibility index (Phi) is 9.36. The highest BCUT2D eigenvalue weighted by Gasteiger charge is 1.93. The molecule has 0 aliphatic carbocycles. The van der Waals surface area contributed by atoms with Crippen molar-refractivity contribution in [2.24, 2.45) is 0 Å². The van der Waals surface area contributed by atoms with Crippen LogP contribution in [0.25, 0.3) is 0 Å². The zero-order chi connectivity index (χ0) is 9.23. The number of aliphatic hydroxyl groups is 1. The van der Waals surface area contributed by atoms with Crippen LogP contribution in [0.15, 0.2) is 0 Å². The van der Waals surface area contributed by atoms with Crippen molar-refractivity contribution in [2.75, 3.05) is 12.8 Å². The first-order valence-corrected chi connectivity index (χ1v) is 6.16. The largest absolute Gasteiger partial charge is 0.396 e. The Bertz CT molecular complexity index is 117. The molecule has 0 rings (SSSR count). The molecule has 74 valence electrons. The van der Waals surface area contributed by atoms with Crippen molar-refractivity contribution in [3.8, 4) is 0 Å². The first-order valence-electron chi connectivity index (χ1n) is 4.60. The lowest BCUT2D eigenvalue weighted by Gasteiger charge is -1.98. The van der Waals surface area contributed by atoms with Gasteiger partial charge in [-0.1, -0.05) is 25.7 Å². The molecule has 12 heavy (non-hydrogen) atoms. The van der Waals surface area contributed by atoms with Gasteiger partial charge >= 0.3 is 0 Å². The summed E-state index contributed by atoms with van der Waals surface area (Å²) in [7, 11) is -2.22. The van der Waals surface area contributed by atoms with E-state index in [9.17, 15) is 4.57 Å². The van der Waals surface area contributed by atoms with Crippen molar-refractivity contribution >= 4 is 8.03 Å². The van der Waals surface area contributed by atoms with E-state index in [1.54, 1.807) is 0 Å². The van der Waals surface area contributed by atoms with Crippen molar-refractivity contribution in [1.82, 2.24) is 0 Å². The van der Waals surface area contributed by atoms with E-state index in [0.717, 1.165) is 38.5 Å². The molecule has 1 unspecified atom stereocenters. The quantitative estimate of drug-likeness (QED) is 0.457. The van der Waals surface area contributed by atoms with E-state index >= 15 is 0 Å². The van der Waals surface area contributed by atoms with Crippen LogP contribution in [0.3, 0.4) is 0 Å². The van der Waals surface area contributed by atoms with Crippen LogP contribution in [-0.4, -0.2) is 22.8 Å². The zero-order valence-corrected chi connectivity index (χ0v) is 8.46. The summed E-state index contributed by atoms with van der Waals surface area (Å²) in [6, 6.07) is 0. The predicted octanol–water partition coefficient (Wildman–Crippen LogP) is 1.79. The monoisotopic (exact) mass is 194 g/mol. The number of hydrogen-bond donors (Lipinski definition) is 2. The van der Waals surface area contributed by atoms with Crippen LogP contribution in [-0.2, 0) is 4.57 Å². The second-order valence-electron chi connectivity index (χ2n) is 2.99. The molecule has 0 aromatic carbocycles. The van der Waals surface area contributed by atoms with E-state index in [0.29, 0.717) is 6.16 Å². The average Bonchev–Trinajstić information content (AvgIpc) is 2.02. The van der Waals surface area contributed by atoms with Gasteiger partial charge in [-0.3, -0.25) is 4.57 Å². The van der Waals surface area contributed by atoms with Crippen LogP contribution < -0.4 is 0 Å². The van der Waals surface area contributed by atoms with Crippen molar-refractivity contribution in [1.29, 1.82) is 0 Å². The average molecular weight is 194 g/mol. The SMILES string of the molecule is O=[PH](O)CCCCCCCCO. The molecule has 0 fully saturated rings. The molecule has 2 N–H and O–H groups in total. The van der Waals surface area contributed by atoms with Crippen LogP contribution >= 0.6 is 8.03 Å². The van der Waals surface area contributed by atoms with Crippen LogP contribution in [0.5, 0.6) is 0 Å². The maximum Gasteiger partial charge on any atom is 0.189 e. The topological polar surface area (TPSA) is 57.5 Å². The van der Waals surface area contributed by atoms with Crippen LogP contribution in [0, 0.1) is 0 Å². The second kappa shape index (κ2) is 9.24. The Balaban J connectivity index is 2.86. The first-order chi connectivity index (χ1) is 5.77. The molecule has 0 radical (unpaired) electrons. The van der Waals surface area contributed by atoms with Gasteiger partial charge in [0.05, 0.1) is 0 Å². The molecular formula is C8H19O3P. The molecule has 0 heterocycles. The predicted molar refractivity (Wildman–Crippen MR) is 50.9 cm³/mol. The van der Waals surface area contributed by atoms with Crippen molar-refractivity contribution in [3.63, 3.8) is 0 Å². The Hall–Kier alpha value is 0.150.